The van der Waals surface area contributed by atoms with Crippen LogP contribution in [0.4, 0.5) is 0 Å². The maximum absolute atomic E-state index is 13.3. The van der Waals surface area contributed by atoms with E-state index >= 15 is 0 Å². The number of nitrogens with one attached hydrogen (secondary N) is 1. The largest absolute Gasteiger partial charge is 0.369 e. The van der Waals surface area contributed by atoms with Crippen molar-refractivity contribution in [1.82, 2.24) is 20.1 Å². The van der Waals surface area contributed by atoms with Crippen LogP contribution in [-0.4, -0.2) is 64.2 Å². The van der Waals surface area contributed by atoms with Crippen LogP contribution in [-0.2, 0) is 21.7 Å². The summed E-state index contributed by atoms with van der Waals surface area (Å²) in [6.45, 7) is 2.66. The van der Waals surface area contributed by atoms with E-state index < -0.39 is 11.1 Å². The number of rotatable bonds is 10. The van der Waals surface area contributed by atoms with Gasteiger partial charge in [0, 0.05) is 44.1 Å². The summed E-state index contributed by atoms with van der Waals surface area (Å²) in [5, 5.41) is 4.41. The lowest BCUT2D eigenvalue weighted by Gasteiger charge is -2.35. The highest BCUT2D eigenvalue weighted by molar-refractivity contribution is 6.30. The van der Waals surface area contributed by atoms with Gasteiger partial charge in [-0.1, -0.05) is 86.9 Å². The number of benzene rings is 2. The van der Waals surface area contributed by atoms with Crippen molar-refractivity contribution in [3.05, 3.63) is 89.2 Å². The first-order valence-corrected chi connectivity index (χ1v) is 19.6. The average molecular weight is 739 g/mol. The van der Waals surface area contributed by atoms with Gasteiger partial charge in [-0.2, -0.15) is 0 Å². The summed E-state index contributed by atoms with van der Waals surface area (Å²) < 4.78 is 0. The molecular weight excluding hydrogens is 684 g/mol. The smallest absolute Gasteiger partial charge is 0.261 e. The van der Waals surface area contributed by atoms with Gasteiger partial charge in [0.05, 0.1) is 0 Å². The van der Waals surface area contributed by atoms with Crippen molar-refractivity contribution in [3.63, 3.8) is 0 Å². The summed E-state index contributed by atoms with van der Waals surface area (Å²) in [6, 6.07) is 20.0. The molecule has 0 spiro atoms. The number of amides is 2. The van der Waals surface area contributed by atoms with Gasteiger partial charge in [-0.3, -0.25) is 24.4 Å². The minimum atomic E-state index is -0.979. The standard InChI is InChI=1S/C25H39N5O.C17H16ClN3O/c1-30-23(31)25(29-24(30)26,13-10-19-6-3-2-4-7-19)17-21-8-5-9-22(16-21)28-18-20-11-14-27-15-12-20;1-17(15(22)21(2)16(19)20-17)13-7-3-5-11(9-13)12-6-4-8-14(18)10-12/h11-12,14-15,19,21-22,28H,2-10,13,16-18H2,1H3,(H2,26,29);3-10H,1-2H3,(H2,19,20)/t21-,22+,25+;/m0./s1. The van der Waals surface area contributed by atoms with Crippen LogP contribution in [0.2, 0.25) is 5.02 Å². The van der Waals surface area contributed by atoms with Gasteiger partial charge in [0.15, 0.2) is 17.5 Å². The number of hydrogen-bond donors (Lipinski definition) is 3. The van der Waals surface area contributed by atoms with Crippen molar-refractivity contribution in [2.24, 2.45) is 33.3 Å². The molecule has 2 aromatic carbocycles. The SMILES string of the molecule is CN1C(=O)C(C)(c2cccc(-c3cccc(Cl)c3)c2)N=C1N.CN1C(=O)[C@@](CCC2CCCCC2)(C[C@H]2CCC[C@@H](NCc3ccncc3)C2)N=C1N. The Bertz CT molecular complexity index is 1810. The predicted molar refractivity (Wildman–Crippen MR) is 213 cm³/mol. The van der Waals surface area contributed by atoms with E-state index in [-0.39, 0.29) is 17.8 Å². The zero-order valence-electron chi connectivity index (χ0n) is 31.4. The van der Waals surface area contributed by atoms with E-state index in [9.17, 15) is 9.59 Å². The molecule has 3 aromatic rings. The normalized spacial score (nSPS) is 26.3. The van der Waals surface area contributed by atoms with Crippen LogP contribution in [0.1, 0.15) is 95.1 Å². The zero-order chi connectivity index (χ0) is 37.6. The van der Waals surface area contributed by atoms with E-state index in [4.69, 9.17) is 28.1 Å². The number of carbonyl (C=O) groups excluding carboxylic acids is 2. The number of halogens is 1. The Kier molecular flexibility index (Phi) is 12.2. The van der Waals surface area contributed by atoms with E-state index in [0.29, 0.717) is 22.9 Å². The molecule has 5 N–H and O–H groups in total. The molecular formula is C42H55ClN8O2. The monoisotopic (exact) mass is 738 g/mol. The van der Waals surface area contributed by atoms with E-state index in [1.54, 1.807) is 25.9 Å². The molecule has 3 heterocycles. The Morgan fingerprint density at radius 1 is 0.811 bits per heavy atom. The molecule has 4 aliphatic rings. The third kappa shape index (κ3) is 8.92. The summed E-state index contributed by atoms with van der Waals surface area (Å²) in [5.41, 5.74) is 14.4. The van der Waals surface area contributed by atoms with Crippen molar-refractivity contribution in [1.29, 1.82) is 0 Å². The number of pyridine rings is 1. The van der Waals surface area contributed by atoms with Gasteiger partial charge in [0.2, 0.25) is 0 Å². The number of guanidine groups is 2. The van der Waals surface area contributed by atoms with Crippen LogP contribution in [0.25, 0.3) is 11.1 Å². The number of nitrogens with two attached hydrogens (primary N) is 2. The molecule has 2 saturated carbocycles. The Hall–Kier alpha value is -4.28. The molecule has 0 bridgehead atoms. The van der Waals surface area contributed by atoms with Crippen LogP contribution in [0, 0.1) is 11.8 Å². The molecule has 11 heteroatoms. The number of nitrogens with zero attached hydrogens (tertiary/aromatic N) is 5. The Labute approximate surface area is 319 Å². The van der Waals surface area contributed by atoms with Crippen molar-refractivity contribution in [2.45, 2.75) is 108 Å². The van der Waals surface area contributed by atoms with Gasteiger partial charge >= 0.3 is 0 Å². The number of aliphatic imine (C=N–C) groups is 2. The van der Waals surface area contributed by atoms with Gasteiger partial charge < -0.3 is 16.8 Å². The summed E-state index contributed by atoms with van der Waals surface area (Å²) in [5.74, 6) is 1.89. The fourth-order valence-corrected chi connectivity index (χ4v) is 8.81. The van der Waals surface area contributed by atoms with Crippen molar-refractivity contribution < 1.29 is 9.59 Å². The summed E-state index contributed by atoms with van der Waals surface area (Å²) in [6.07, 6.45) is 17.9. The van der Waals surface area contributed by atoms with Gasteiger partial charge in [0.1, 0.15) is 5.54 Å². The first-order chi connectivity index (χ1) is 25.5. The third-order valence-electron chi connectivity index (χ3n) is 11.8. The highest BCUT2D eigenvalue weighted by Crippen LogP contribution is 2.41. The fraction of sp³-hybridized carbons (Fsp3) is 0.500. The van der Waals surface area contributed by atoms with Crippen molar-refractivity contribution in [3.8, 4) is 11.1 Å². The lowest BCUT2D eigenvalue weighted by atomic mass is 9.74. The van der Waals surface area contributed by atoms with Crippen LogP contribution in [0.15, 0.2) is 83.0 Å². The van der Waals surface area contributed by atoms with Crippen LogP contribution >= 0.6 is 11.6 Å². The molecule has 2 aliphatic heterocycles. The average Bonchev–Trinajstić information content (AvgIpc) is 3.52. The van der Waals surface area contributed by atoms with Crippen LogP contribution in [0.5, 0.6) is 0 Å². The molecule has 0 radical (unpaired) electrons. The van der Waals surface area contributed by atoms with Crippen molar-refractivity contribution in [2.75, 3.05) is 14.1 Å². The Morgan fingerprint density at radius 2 is 1.47 bits per heavy atom. The summed E-state index contributed by atoms with van der Waals surface area (Å²) in [4.78, 5) is 42.0. The van der Waals surface area contributed by atoms with Crippen LogP contribution < -0.4 is 16.8 Å². The summed E-state index contributed by atoms with van der Waals surface area (Å²) in [7, 11) is 3.41. The number of likely N-dealkylation sites (N-methyl/N-ethyl adjacent to an activating group) is 2. The molecule has 7 rings (SSSR count). The van der Waals surface area contributed by atoms with Gasteiger partial charge in [-0.15, -0.1) is 0 Å². The Morgan fingerprint density at radius 3 is 2.13 bits per heavy atom. The van der Waals surface area contributed by atoms with E-state index in [2.05, 4.69) is 27.4 Å². The molecule has 2 fully saturated rings. The molecule has 0 saturated heterocycles. The predicted octanol–water partition coefficient (Wildman–Crippen LogP) is 7.02. The second kappa shape index (κ2) is 16.8. The van der Waals surface area contributed by atoms with E-state index in [1.165, 1.54) is 61.8 Å². The molecule has 4 atom stereocenters. The first kappa shape index (κ1) is 38.4. The highest BCUT2D eigenvalue weighted by Gasteiger charge is 2.48. The quantitative estimate of drug-likeness (QED) is 0.204. The molecule has 2 aliphatic carbocycles. The molecule has 10 nitrogen and oxygen atoms in total. The van der Waals surface area contributed by atoms with E-state index in [1.807, 2.05) is 60.9 Å². The minimum Gasteiger partial charge on any atom is -0.369 e. The number of hydrogen-bond acceptors (Lipinski definition) is 8. The third-order valence-corrected chi connectivity index (χ3v) is 12.0. The second-order valence-electron chi connectivity index (χ2n) is 15.6. The highest BCUT2D eigenvalue weighted by atomic mass is 35.5. The fourth-order valence-electron chi connectivity index (χ4n) is 8.62. The lowest BCUT2D eigenvalue weighted by molar-refractivity contribution is -0.131. The molecule has 53 heavy (non-hydrogen) atoms. The first-order valence-electron chi connectivity index (χ1n) is 19.2. The van der Waals surface area contributed by atoms with Crippen LogP contribution in [0.3, 0.4) is 0 Å². The minimum absolute atomic E-state index is 0.118. The maximum atomic E-state index is 13.3. The Balaban J connectivity index is 0.000000192. The van der Waals surface area contributed by atoms with Gasteiger partial charge in [-0.05, 0) is 103 Å². The van der Waals surface area contributed by atoms with E-state index in [0.717, 1.165) is 54.8 Å². The molecule has 1 unspecified atom stereocenters. The van der Waals surface area contributed by atoms with Gasteiger partial charge in [-0.25, -0.2) is 9.98 Å². The zero-order valence-corrected chi connectivity index (χ0v) is 32.2. The molecule has 2 amide bonds. The molecule has 282 valence electrons. The summed E-state index contributed by atoms with van der Waals surface area (Å²) >= 11 is 6.05. The number of aromatic nitrogens is 1. The maximum Gasteiger partial charge on any atom is 0.261 e. The van der Waals surface area contributed by atoms with Crippen molar-refractivity contribution >= 4 is 35.3 Å². The topological polar surface area (TPSA) is 142 Å². The number of carbonyl (C=O) groups is 2. The second-order valence-corrected chi connectivity index (χ2v) is 16.0. The van der Waals surface area contributed by atoms with Gasteiger partial charge in [0.25, 0.3) is 11.8 Å². The lowest BCUT2D eigenvalue weighted by Crippen LogP contribution is -2.44. The molecule has 1 aromatic heterocycles.